The van der Waals surface area contributed by atoms with Crippen LogP contribution in [0.15, 0.2) is 0 Å². The third-order valence-corrected chi connectivity index (χ3v) is 5.84. The fourth-order valence-corrected chi connectivity index (χ4v) is 3.40. The van der Waals surface area contributed by atoms with Crippen LogP contribution in [0.2, 0.25) is 0 Å². The van der Waals surface area contributed by atoms with Gasteiger partial charge in [0.15, 0.2) is 0 Å². The maximum absolute atomic E-state index is 2.41. The highest BCUT2D eigenvalue weighted by molar-refractivity contribution is 7.39. The Kier molecular flexibility index (Phi) is 1.44. The molecule has 0 aliphatic heterocycles. The Morgan fingerprint density at radius 3 is 1.56 bits per heavy atom. The lowest BCUT2D eigenvalue weighted by Crippen LogP contribution is -2.02. The molecule has 54 valence electrons. The maximum atomic E-state index is 2.41. The van der Waals surface area contributed by atoms with Gasteiger partial charge in [0, 0.05) is 0 Å². The Balaban J connectivity index is 2.70. The van der Waals surface area contributed by atoms with Crippen molar-refractivity contribution in [2.24, 2.45) is 11.3 Å². The summed E-state index contributed by atoms with van der Waals surface area (Å²) >= 11 is 0. The monoisotopic (exact) mass is 144 g/mol. The molecular formula is C8H17P. The molecule has 0 N–H and O–H groups in total. The van der Waals surface area contributed by atoms with Crippen LogP contribution in [-0.4, -0.2) is 11.8 Å². The molecule has 1 fully saturated rings. The van der Waals surface area contributed by atoms with Crippen molar-refractivity contribution >= 4 is 8.58 Å². The Morgan fingerprint density at radius 2 is 1.56 bits per heavy atom. The molecule has 3 unspecified atom stereocenters. The molecule has 0 nitrogen and oxygen atoms in total. The van der Waals surface area contributed by atoms with Crippen molar-refractivity contribution in [3.8, 4) is 0 Å². The molecule has 0 aromatic carbocycles. The summed E-state index contributed by atoms with van der Waals surface area (Å²) in [7, 11) is 1.11. The molecule has 9 heavy (non-hydrogen) atoms. The van der Waals surface area contributed by atoms with Gasteiger partial charge in [-0.3, -0.25) is 0 Å². The maximum Gasteiger partial charge on any atom is -0.00677 e. The van der Waals surface area contributed by atoms with Crippen molar-refractivity contribution < 1.29 is 0 Å². The fourth-order valence-electron chi connectivity index (χ4n) is 1.81. The number of hydrogen-bond donors (Lipinski definition) is 0. The van der Waals surface area contributed by atoms with Crippen molar-refractivity contribution in [2.45, 2.75) is 32.9 Å². The van der Waals surface area contributed by atoms with Gasteiger partial charge in [-0.1, -0.05) is 27.7 Å². The predicted octanol–water partition coefficient (Wildman–Crippen LogP) is 2.73. The SMILES string of the molecule is CPC1(C)C(C)C1(C)C. The molecule has 1 rings (SSSR count). The van der Waals surface area contributed by atoms with Crippen LogP contribution in [-0.2, 0) is 0 Å². The molecule has 0 aromatic rings. The molecule has 3 atom stereocenters. The summed E-state index contributed by atoms with van der Waals surface area (Å²) in [6.07, 6.45) is 0. The van der Waals surface area contributed by atoms with Crippen molar-refractivity contribution in [3.05, 3.63) is 0 Å². The van der Waals surface area contributed by atoms with E-state index in [-0.39, 0.29) is 0 Å². The smallest absolute Gasteiger partial charge is 0.00677 e. The summed E-state index contributed by atoms with van der Waals surface area (Å²) < 4.78 is 0. The minimum absolute atomic E-state index is 0.625. The third kappa shape index (κ3) is 0.693. The van der Waals surface area contributed by atoms with Gasteiger partial charge in [0.05, 0.1) is 0 Å². The Hall–Kier alpha value is 0.430. The van der Waals surface area contributed by atoms with Crippen LogP contribution >= 0.6 is 8.58 Å². The summed E-state index contributed by atoms with van der Waals surface area (Å²) in [5, 5.41) is 0.674. The third-order valence-electron chi connectivity index (χ3n) is 3.72. The summed E-state index contributed by atoms with van der Waals surface area (Å²) in [4.78, 5) is 0. The van der Waals surface area contributed by atoms with E-state index in [9.17, 15) is 0 Å². The van der Waals surface area contributed by atoms with E-state index in [0.29, 0.717) is 10.6 Å². The Labute approximate surface area is 60.2 Å². The van der Waals surface area contributed by atoms with Crippen LogP contribution in [0.1, 0.15) is 27.7 Å². The first kappa shape index (κ1) is 7.54. The van der Waals surface area contributed by atoms with Gasteiger partial charge in [-0.05, 0) is 23.2 Å². The molecule has 0 heterocycles. The van der Waals surface area contributed by atoms with E-state index < -0.39 is 0 Å². The molecule has 1 heteroatoms. The zero-order chi connectivity index (χ0) is 7.28. The highest BCUT2D eigenvalue weighted by Crippen LogP contribution is 2.70. The average molecular weight is 144 g/mol. The molecule has 1 saturated carbocycles. The Bertz CT molecular complexity index is 129. The van der Waals surface area contributed by atoms with E-state index >= 15 is 0 Å². The van der Waals surface area contributed by atoms with Crippen molar-refractivity contribution in [1.29, 1.82) is 0 Å². The lowest BCUT2D eigenvalue weighted by molar-refractivity contribution is 0.568. The fraction of sp³-hybridized carbons (Fsp3) is 1.00. The molecule has 0 amide bonds. The summed E-state index contributed by atoms with van der Waals surface area (Å²) in [5.41, 5.74) is 0.625. The molecule has 0 bridgehead atoms. The van der Waals surface area contributed by atoms with Crippen LogP contribution in [0, 0.1) is 11.3 Å². The second-order valence-electron chi connectivity index (χ2n) is 3.90. The second kappa shape index (κ2) is 1.72. The molecule has 0 radical (unpaired) electrons. The van der Waals surface area contributed by atoms with E-state index in [4.69, 9.17) is 0 Å². The minimum atomic E-state index is 0.625. The van der Waals surface area contributed by atoms with E-state index in [2.05, 4.69) is 34.4 Å². The summed E-state index contributed by atoms with van der Waals surface area (Å²) in [5.74, 6) is 0.938. The van der Waals surface area contributed by atoms with Crippen molar-refractivity contribution in [2.75, 3.05) is 6.66 Å². The molecule has 1 aliphatic rings. The Morgan fingerprint density at radius 1 is 1.22 bits per heavy atom. The zero-order valence-electron chi connectivity index (χ0n) is 7.08. The van der Waals surface area contributed by atoms with Gasteiger partial charge in [-0.2, -0.15) is 0 Å². The van der Waals surface area contributed by atoms with Crippen molar-refractivity contribution in [1.82, 2.24) is 0 Å². The van der Waals surface area contributed by atoms with Gasteiger partial charge in [0.25, 0.3) is 0 Å². The first-order valence-corrected chi connectivity index (χ1v) is 5.15. The lowest BCUT2D eigenvalue weighted by Gasteiger charge is -2.09. The van der Waals surface area contributed by atoms with Gasteiger partial charge in [-0.15, -0.1) is 8.58 Å². The van der Waals surface area contributed by atoms with Crippen molar-refractivity contribution in [3.63, 3.8) is 0 Å². The molecule has 0 saturated heterocycles. The quantitative estimate of drug-likeness (QED) is 0.496. The zero-order valence-corrected chi connectivity index (χ0v) is 8.08. The van der Waals surface area contributed by atoms with E-state index in [1.807, 2.05) is 0 Å². The lowest BCUT2D eigenvalue weighted by atomic mass is 10.1. The summed E-state index contributed by atoms with van der Waals surface area (Å²) in [6.45, 7) is 11.9. The minimum Gasteiger partial charge on any atom is -0.118 e. The van der Waals surface area contributed by atoms with Crippen LogP contribution in [0.4, 0.5) is 0 Å². The predicted molar refractivity (Wildman–Crippen MR) is 45.6 cm³/mol. The first-order chi connectivity index (χ1) is 3.97. The van der Waals surface area contributed by atoms with Gasteiger partial charge >= 0.3 is 0 Å². The van der Waals surface area contributed by atoms with Gasteiger partial charge in [0.2, 0.25) is 0 Å². The highest BCUT2D eigenvalue weighted by Gasteiger charge is 2.63. The normalized spacial score (nSPS) is 48.3. The van der Waals surface area contributed by atoms with E-state index in [1.165, 1.54) is 0 Å². The van der Waals surface area contributed by atoms with Crippen LogP contribution in [0.3, 0.4) is 0 Å². The summed E-state index contributed by atoms with van der Waals surface area (Å²) in [6, 6.07) is 0. The molecule has 1 aliphatic carbocycles. The largest absolute Gasteiger partial charge is 0.118 e. The van der Waals surface area contributed by atoms with Gasteiger partial charge < -0.3 is 0 Å². The number of rotatable bonds is 1. The molecule has 0 aromatic heterocycles. The van der Waals surface area contributed by atoms with Crippen LogP contribution in [0.5, 0.6) is 0 Å². The number of hydrogen-bond acceptors (Lipinski definition) is 0. The van der Waals surface area contributed by atoms with E-state index in [0.717, 1.165) is 14.5 Å². The first-order valence-electron chi connectivity index (χ1n) is 3.65. The van der Waals surface area contributed by atoms with Gasteiger partial charge in [-0.25, -0.2) is 0 Å². The van der Waals surface area contributed by atoms with Crippen LogP contribution in [0.25, 0.3) is 0 Å². The molecule has 0 spiro atoms. The highest BCUT2D eigenvalue weighted by atomic mass is 31.1. The molecular weight excluding hydrogens is 127 g/mol. The van der Waals surface area contributed by atoms with Crippen LogP contribution < -0.4 is 0 Å². The average Bonchev–Trinajstić information content (AvgIpc) is 2.16. The topological polar surface area (TPSA) is 0 Å². The second-order valence-corrected chi connectivity index (χ2v) is 5.43. The van der Waals surface area contributed by atoms with Gasteiger partial charge in [0.1, 0.15) is 0 Å². The van der Waals surface area contributed by atoms with E-state index in [1.54, 1.807) is 0 Å². The standard InChI is InChI=1S/C8H17P/c1-6-7(2,3)8(6,4)9-5/h6,9H,1-5H3.